The van der Waals surface area contributed by atoms with Crippen molar-refractivity contribution in [3.05, 3.63) is 87.7 Å². The molecule has 0 unspecified atom stereocenters. The van der Waals surface area contributed by atoms with E-state index in [0.29, 0.717) is 11.3 Å². The molecule has 1 aromatic carbocycles. The summed E-state index contributed by atoms with van der Waals surface area (Å²) in [5.74, 6) is -0.713. The van der Waals surface area contributed by atoms with Crippen molar-refractivity contribution < 1.29 is 14.0 Å². The molecular formula is C18H16N4O4. The molecule has 0 aliphatic heterocycles. The van der Waals surface area contributed by atoms with Crippen molar-refractivity contribution in [2.24, 2.45) is 0 Å². The Balaban J connectivity index is 1.70. The topological polar surface area (TPSA) is 106 Å². The number of hydrazine groups is 1. The van der Waals surface area contributed by atoms with Crippen molar-refractivity contribution in [2.75, 3.05) is 0 Å². The van der Waals surface area contributed by atoms with Gasteiger partial charge in [-0.25, -0.2) is 4.68 Å². The second kappa shape index (κ2) is 7.47. The van der Waals surface area contributed by atoms with Gasteiger partial charge in [0.1, 0.15) is 5.76 Å². The van der Waals surface area contributed by atoms with Crippen LogP contribution in [0.5, 0.6) is 0 Å². The van der Waals surface area contributed by atoms with E-state index in [9.17, 15) is 14.4 Å². The van der Waals surface area contributed by atoms with Crippen LogP contribution >= 0.6 is 0 Å². The summed E-state index contributed by atoms with van der Waals surface area (Å²) < 4.78 is 6.23. The van der Waals surface area contributed by atoms with Gasteiger partial charge in [0, 0.05) is 6.07 Å². The molecule has 2 amide bonds. The number of amides is 2. The smallest absolute Gasteiger partial charge is 0.290 e. The van der Waals surface area contributed by atoms with E-state index in [1.54, 1.807) is 6.92 Å². The Labute approximate surface area is 148 Å². The number of hydrogen-bond donors (Lipinski definition) is 2. The minimum absolute atomic E-state index is 0.00440. The summed E-state index contributed by atoms with van der Waals surface area (Å²) in [7, 11) is 0. The predicted octanol–water partition coefficient (Wildman–Crippen LogP) is 1.27. The summed E-state index contributed by atoms with van der Waals surface area (Å²) in [4.78, 5) is 36.1. The van der Waals surface area contributed by atoms with Gasteiger partial charge in [-0.1, -0.05) is 30.3 Å². The predicted molar refractivity (Wildman–Crippen MR) is 92.4 cm³/mol. The summed E-state index contributed by atoms with van der Waals surface area (Å²) in [5, 5.41) is 4.05. The molecule has 0 spiro atoms. The fourth-order valence-corrected chi connectivity index (χ4v) is 2.31. The first-order valence-electron chi connectivity index (χ1n) is 7.81. The van der Waals surface area contributed by atoms with Gasteiger partial charge in [-0.05, 0) is 24.6 Å². The molecule has 8 heteroatoms. The van der Waals surface area contributed by atoms with Gasteiger partial charge in [0.15, 0.2) is 5.69 Å². The molecule has 0 fully saturated rings. The monoisotopic (exact) mass is 352 g/mol. The SMILES string of the molecule is Cc1occc1C(=O)NNC(=O)c1ccc(=O)n(Cc2ccccc2)n1. The van der Waals surface area contributed by atoms with Gasteiger partial charge >= 0.3 is 0 Å². The van der Waals surface area contributed by atoms with E-state index in [2.05, 4.69) is 16.0 Å². The van der Waals surface area contributed by atoms with Gasteiger partial charge in [-0.3, -0.25) is 25.2 Å². The number of nitrogens with zero attached hydrogens (tertiary/aromatic N) is 2. The van der Waals surface area contributed by atoms with Crippen LogP contribution in [0, 0.1) is 6.92 Å². The van der Waals surface area contributed by atoms with Gasteiger partial charge < -0.3 is 4.42 Å². The molecule has 0 saturated carbocycles. The average molecular weight is 352 g/mol. The highest BCUT2D eigenvalue weighted by molar-refractivity contribution is 5.98. The maximum Gasteiger partial charge on any atom is 0.290 e. The Hall–Kier alpha value is -3.68. The first-order chi connectivity index (χ1) is 12.5. The average Bonchev–Trinajstić information content (AvgIpc) is 3.08. The number of benzene rings is 1. The summed E-state index contributed by atoms with van der Waals surface area (Å²) in [6, 6.07) is 13.3. The van der Waals surface area contributed by atoms with Gasteiger partial charge in [-0.15, -0.1) is 0 Å². The lowest BCUT2D eigenvalue weighted by Crippen LogP contribution is -2.42. The van der Waals surface area contributed by atoms with Crippen LogP contribution in [-0.4, -0.2) is 21.6 Å². The third-order valence-electron chi connectivity index (χ3n) is 3.67. The number of aromatic nitrogens is 2. The molecule has 3 rings (SSSR count). The highest BCUT2D eigenvalue weighted by Gasteiger charge is 2.14. The van der Waals surface area contributed by atoms with Crippen molar-refractivity contribution in [1.29, 1.82) is 0 Å². The zero-order valence-electron chi connectivity index (χ0n) is 13.9. The van der Waals surface area contributed by atoms with Gasteiger partial charge in [0.2, 0.25) is 0 Å². The molecule has 0 aliphatic rings. The van der Waals surface area contributed by atoms with Crippen molar-refractivity contribution in [3.63, 3.8) is 0 Å². The van der Waals surface area contributed by atoms with Crippen LogP contribution in [0.3, 0.4) is 0 Å². The van der Waals surface area contributed by atoms with Crippen LogP contribution in [0.1, 0.15) is 32.2 Å². The number of hydrogen-bond acceptors (Lipinski definition) is 5. The van der Waals surface area contributed by atoms with Crippen molar-refractivity contribution in [1.82, 2.24) is 20.6 Å². The molecule has 2 heterocycles. The zero-order chi connectivity index (χ0) is 18.5. The van der Waals surface area contributed by atoms with E-state index in [0.717, 1.165) is 5.56 Å². The molecule has 3 aromatic rings. The lowest BCUT2D eigenvalue weighted by Gasteiger charge is -2.09. The number of aryl methyl sites for hydroxylation is 1. The van der Waals surface area contributed by atoms with Crippen molar-refractivity contribution in [3.8, 4) is 0 Å². The van der Waals surface area contributed by atoms with Gasteiger partial charge in [0.05, 0.1) is 18.4 Å². The fourth-order valence-electron chi connectivity index (χ4n) is 2.31. The molecule has 2 N–H and O–H groups in total. The largest absolute Gasteiger partial charge is 0.469 e. The zero-order valence-corrected chi connectivity index (χ0v) is 13.9. The Bertz CT molecular complexity index is 992. The maximum absolute atomic E-state index is 12.2. The van der Waals surface area contributed by atoms with E-state index >= 15 is 0 Å². The number of nitrogens with one attached hydrogen (secondary N) is 2. The van der Waals surface area contributed by atoms with Crippen LogP contribution in [0.2, 0.25) is 0 Å². The molecule has 0 bridgehead atoms. The molecule has 132 valence electrons. The molecule has 0 saturated heterocycles. The van der Waals surface area contributed by atoms with E-state index in [1.807, 2.05) is 30.3 Å². The normalized spacial score (nSPS) is 10.3. The lowest BCUT2D eigenvalue weighted by molar-refractivity contribution is 0.0841. The standard InChI is InChI=1S/C18H16N4O4/c1-12-14(9-10-26-12)17(24)19-20-18(25)15-7-8-16(23)22(21-15)11-13-5-3-2-4-6-13/h2-10H,11H2,1H3,(H,19,24)(H,20,25). The third kappa shape index (κ3) is 3.86. The lowest BCUT2D eigenvalue weighted by atomic mass is 10.2. The van der Waals surface area contributed by atoms with Crippen LogP contribution in [0.25, 0.3) is 0 Å². The molecule has 0 atom stereocenters. The molecule has 0 aliphatic carbocycles. The summed E-state index contributed by atoms with van der Waals surface area (Å²) in [6.45, 7) is 1.87. The highest BCUT2D eigenvalue weighted by Crippen LogP contribution is 2.07. The maximum atomic E-state index is 12.2. The van der Waals surface area contributed by atoms with E-state index < -0.39 is 11.8 Å². The number of furan rings is 1. The highest BCUT2D eigenvalue weighted by atomic mass is 16.3. The van der Waals surface area contributed by atoms with Crippen molar-refractivity contribution in [2.45, 2.75) is 13.5 Å². The molecule has 0 radical (unpaired) electrons. The quantitative estimate of drug-likeness (QED) is 0.688. The van der Waals surface area contributed by atoms with Crippen LogP contribution in [0.15, 0.2) is 64.0 Å². The van der Waals surface area contributed by atoms with Gasteiger partial charge in [0.25, 0.3) is 17.4 Å². The molecule has 2 aromatic heterocycles. The summed E-state index contributed by atoms with van der Waals surface area (Å²) >= 11 is 0. The second-order valence-corrected chi connectivity index (χ2v) is 5.50. The Morgan fingerprint density at radius 2 is 1.77 bits per heavy atom. The number of carbonyl (C=O) groups is 2. The fraction of sp³-hybridized carbons (Fsp3) is 0.111. The van der Waals surface area contributed by atoms with Crippen LogP contribution < -0.4 is 16.4 Å². The minimum Gasteiger partial charge on any atom is -0.469 e. The molecule has 8 nitrogen and oxygen atoms in total. The Morgan fingerprint density at radius 1 is 1.04 bits per heavy atom. The second-order valence-electron chi connectivity index (χ2n) is 5.50. The Morgan fingerprint density at radius 3 is 2.46 bits per heavy atom. The first kappa shape index (κ1) is 17.2. The number of carbonyl (C=O) groups excluding carboxylic acids is 2. The van der Waals surface area contributed by atoms with E-state index in [4.69, 9.17) is 4.42 Å². The summed E-state index contributed by atoms with van der Waals surface area (Å²) in [6.07, 6.45) is 1.38. The minimum atomic E-state index is -0.638. The molecule has 26 heavy (non-hydrogen) atoms. The van der Waals surface area contributed by atoms with Crippen LogP contribution in [0.4, 0.5) is 0 Å². The van der Waals surface area contributed by atoms with Gasteiger partial charge in [-0.2, -0.15) is 5.10 Å². The van der Waals surface area contributed by atoms with Crippen LogP contribution in [-0.2, 0) is 6.54 Å². The van der Waals surface area contributed by atoms with Crippen molar-refractivity contribution >= 4 is 11.8 Å². The molecular weight excluding hydrogens is 336 g/mol. The van der Waals surface area contributed by atoms with E-state index in [1.165, 1.54) is 29.1 Å². The third-order valence-corrected chi connectivity index (χ3v) is 3.67. The number of rotatable bonds is 4. The summed E-state index contributed by atoms with van der Waals surface area (Å²) in [5.41, 5.74) is 5.41. The van der Waals surface area contributed by atoms with E-state index in [-0.39, 0.29) is 17.8 Å². The first-order valence-corrected chi connectivity index (χ1v) is 7.81. The Kier molecular flexibility index (Phi) is 4.93.